The van der Waals surface area contributed by atoms with Gasteiger partial charge in [-0.2, -0.15) is 0 Å². The predicted molar refractivity (Wildman–Crippen MR) is 49.2 cm³/mol. The minimum Gasteiger partial charge on any atom is -0.327 e. The van der Waals surface area contributed by atoms with Gasteiger partial charge in [0.15, 0.2) is 0 Å². The van der Waals surface area contributed by atoms with Crippen LogP contribution in [0.4, 0.5) is 0 Å². The summed E-state index contributed by atoms with van der Waals surface area (Å²) in [5.74, 6) is 0. The minimum atomic E-state index is 0.287. The van der Waals surface area contributed by atoms with Gasteiger partial charge in [0.2, 0.25) is 0 Å². The molecule has 0 aromatic carbocycles. The average Bonchev–Trinajstić information content (AvgIpc) is 2.02. The summed E-state index contributed by atoms with van der Waals surface area (Å²) in [5.41, 5.74) is 6.96. The van der Waals surface area contributed by atoms with E-state index >= 15 is 0 Å². The zero-order valence-corrected chi connectivity index (χ0v) is 6.79. The summed E-state index contributed by atoms with van der Waals surface area (Å²) in [6, 6.07) is 0.287. The molecule has 0 aromatic heterocycles. The lowest BCUT2D eigenvalue weighted by atomic mass is 10.0. The lowest BCUT2D eigenvalue weighted by molar-refractivity contribution is 0.621. The maximum absolute atomic E-state index is 5.84. The van der Waals surface area contributed by atoms with Crippen LogP contribution < -0.4 is 5.73 Å². The van der Waals surface area contributed by atoms with Gasteiger partial charge < -0.3 is 5.73 Å². The summed E-state index contributed by atoms with van der Waals surface area (Å²) in [5, 5.41) is 0. The first kappa shape index (κ1) is 8.28. The fourth-order valence-electron chi connectivity index (χ4n) is 1.18. The lowest BCUT2D eigenvalue weighted by Crippen LogP contribution is -2.19. The number of hydrogen-bond donors (Lipinski definition) is 1. The van der Waals surface area contributed by atoms with E-state index in [0.717, 1.165) is 24.8 Å². The first-order chi connectivity index (χ1) is 5.29. The van der Waals surface area contributed by atoms with E-state index in [2.05, 4.69) is 18.7 Å². The third-order valence-electron chi connectivity index (χ3n) is 1.81. The van der Waals surface area contributed by atoms with Crippen LogP contribution in [0.15, 0.2) is 36.5 Å². The fourth-order valence-corrected chi connectivity index (χ4v) is 1.18. The van der Waals surface area contributed by atoms with E-state index in [0.29, 0.717) is 0 Å². The molecule has 1 nitrogen and oxygen atoms in total. The molecule has 0 fully saturated rings. The second-order valence-electron chi connectivity index (χ2n) is 2.99. The standard InChI is InChI=1S/C10H15N/c1-9-6-4-2-3-5-7-10(11)8-9/h2-4,6,10H,1,5,7-8,11H2/b3-2-,6-4-. The van der Waals surface area contributed by atoms with Gasteiger partial charge in [0.05, 0.1) is 0 Å². The Balaban J connectivity index is 2.56. The number of hydrogen-bond acceptors (Lipinski definition) is 1. The molecule has 1 aliphatic carbocycles. The first-order valence-corrected chi connectivity index (χ1v) is 4.05. The van der Waals surface area contributed by atoms with Crippen LogP contribution in [0.25, 0.3) is 0 Å². The Hall–Kier alpha value is -0.820. The number of nitrogens with two attached hydrogens (primary N) is 1. The Morgan fingerprint density at radius 3 is 3.09 bits per heavy atom. The molecular weight excluding hydrogens is 134 g/mol. The zero-order valence-electron chi connectivity index (χ0n) is 6.79. The van der Waals surface area contributed by atoms with Crippen molar-refractivity contribution < 1.29 is 0 Å². The maximum Gasteiger partial charge on any atom is 0.00820 e. The smallest absolute Gasteiger partial charge is 0.00820 e. The van der Waals surface area contributed by atoms with Crippen LogP contribution in [0.3, 0.4) is 0 Å². The Labute approximate surface area is 68.3 Å². The second kappa shape index (κ2) is 4.14. The zero-order chi connectivity index (χ0) is 8.10. The Morgan fingerprint density at radius 2 is 2.27 bits per heavy atom. The summed E-state index contributed by atoms with van der Waals surface area (Å²) in [6.45, 7) is 3.91. The van der Waals surface area contributed by atoms with E-state index in [1.807, 2.05) is 12.2 Å². The van der Waals surface area contributed by atoms with Crippen molar-refractivity contribution in [3.63, 3.8) is 0 Å². The largest absolute Gasteiger partial charge is 0.327 e. The van der Waals surface area contributed by atoms with Crippen LogP contribution in [0.1, 0.15) is 19.3 Å². The van der Waals surface area contributed by atoms with Gasteiger partial charge >= 0.3 is 0 Å². The monoisotopic (exact) mass is 149 g/mol. The van der Waals surface area contributed by atoms with E-state index in [9.17, 15) is 0 Å². The quantitative estimate of drug-likeness (QED) is 0.561. The minimum absolute atomic E-state index is 0.287. The van der Waals surface area contributed by atoms with E-state index < -0.39 is 0 Å². The molecular formula is C10H15N. The van der Waals surface area contributed by atoms with Gasteiger partial charge in [-0.3, -0.25) is 0 Å². The normalized spacial score (nSPS) is 31.7. The topological polar surface area (TPSA) is 26.0 Å². The van der Waals surface area contributed by atoms with Crippen LogP contribution in [-0.2, 0) is 0 Å². The molecule has 0 saturated carbocycles. The fraction of sp³-hybridized carbons (Fsp3) is 0.400. The van der Waals surface area contributed by atoms with Crippen LogP contribution >= 0.6 is 0 Å². The third-order valence-corrected chi connectivity index (χ3v) is 1.81. The lowest BCUT2D eigenvalue weighted by Gasteiger charge is -2.08. The molecule has 11 heavy (non-hydrogen) atoms. The van der Waals surface area contributed by atoms with Gasteiger partial charge in [-0.1, -0.05) is 36.5 Å². The highest BCUT2D eigenvalue weighted by atomic mass is 14.6. The van der Waals surface area contributed by atoms with Gasteiger partial charge in [-0.05, 0) is 19.3 Å². The molecule has 0 amide bonds. The van der Waals surface area contributed by atoms with Crippen LogP contribution in [-0.4, -0.2) is 6.04 Å². The molecule has 0 heterocycles. The number of allylic oxidation sites excluding steroid dienone is 4. The molecule has 1 atom stereocenters. The van der Waals surface area contributed by atoms with Gasteiger partial charge in [0.25, 0.3) is 0 Å². The predicted octanol–water partition coefficient (Wildman–Crippen LogP) is 2.17. The Morgan fingerprint density at radius 1 is 1.45 bits per heavy atom. The summed E-state index contributed by atoms with van der Waals surface area (Å²) < 4.78 is 0. The van der Waals surface area contributed by atoms with Crippen molar-refractivity contribution in [1.82, 2.24) is 0 Å². The maximum atomic E-state index is 5.84. The van der Waals surface area contributed by atoms with E-state index in [-0.39, 0.29) is 6.04 Å². The first-order valence-electron chi connectivity index (χ1n) is 4.05. The molecule has 0 spiro atoms. The van der Waals surface area contributed by atoms with Crippen LogP contribution in [0.5, 0.6) is 0 Å². The van der Waals surface area contributed by atoms with Gasteiger partial charge in [-0.25, -0.2) is 0 Å². The molecule has 0 radical (unpaired) electrons. The van der Waals surface area contributed by atoms with Crippen molar-refractivity contribution in [3.8, 4) is 0 Å². The summed E-state index contributed by atoms with van der Waals surface area (Å²) in [6.07, 6.45) is 11.3. The van der Waals surface area contributed by atoms with Crippen molar-refractivity contribution in [3.05, 3.63) is 36.5 Å². The SMILES string of the molecule is C=C1/C=C\C=C/CCC(N)C1. The van der Waals surface area contributed by atoms with Crippen molar-refractivity contribution in [2.45, 2.75) is 25.3 Å². The Kier molecular flexibility index (Phi) is 3.12. The van der Waals surface area contributed by atoms with Crippen molar-refractivity contribution in [2.75, 3.05) is 0 Å². The van der Waals surface area contributed by atoms with Gasteiger partial charge in [0, 0.05) is 6.04 Å². The van der Waals surface area contributed by atoms with Crippen LogP contribution in [0.2, 0.25) is 0 Å². The van der Waals surface area contributed by atoms with Gasteiger partial charge in [0.1, 0.15) is 0 Å². The molecule has 1 aliphatic rings. The van der Waals surface area contributed by atoms with Crippen molar-refractivity contribution in [1.29, 1.82) is 0 Å². The highest BCUT2D eigenvalue weighted by Gasteiger charge is 2.02. The molecule has 1 rings (SSSR count). The highest BCUT2D eigenvalue weighted by molar-refractivity contribution is 5.20. The van der Waals surface area contributed by atoms with E-state index in [4.69, 9.17) is 5.73 Å². The highest BCUT2D eigenvalue weighted by Crippen LogP contribution is 2.10. The Bertz CT molecular complexity index is 189. The second-order valence-corrected chi connectivity index (χ2v) is 2.99. The van der Waals surface area contributed by atoms with Crippen molar-refractivity contribution in [2.24, 2.45) is 5.73 Å². The van der Waals surface area contributed by atoms with Crippen LogP contribution in [0, 0.1) is 0 Å². The summed E-state index contributed by atoms with van der Waals surface area (Å²) in [7, 11) is 0. The van der Waals surface area contributed by atoms with Crippen molar-refractivity contribution >= 4 is 0 Å². The molecule has 0 saturated heterocycles. The summed E-state index contributed by atoms with van der Waals surface area (Å²) in [4.78, 5) is 0. The summed E-state index contributed by atoms with van der Waals surface area (Å²) >= 11 is 0. The molecule has 0 bridgehead atoms. The van der Waals surface area contributed by atoms with E-state index in [1.165, 1.54) is 0 Å². The molecule has 2 N–H and O–H groups in total. The number of rotatable bonds is 0. The molecule has 0 aromatic rings. The average molecular weight is 149 g/mol. The molecule has 0 aliphatic heterocycles. The molecule has 1 unspecified atom stereocenters. The van der Waals surface area contributed by atoms with Gasteiger partial charge in [-0.15, -0.1) is 0 Å². The van der Waals surface area contributed by atoms with E-state index in [1.54, 1.807) is 0 Å². The molecule has 1 heteroatoms. The molecule has 60 valence electrons. The third kappa shape index (κ3) is 3.19.